The highest BCUT2D eigenvalue weighted by Gasteiger charge is 2.32. The molecule has 0 saturated carbocycles. The fourth-order valence-corrected chi connectivity index (χ4v) is 4.99. The molecule has 28 heavy (non-hydrogen) atoms. The van der Waals surface area contributed by atoms with Crippen molar-refractivity contribution in [3.05, 3.63) is 29.8 Å². The van der Waals surface area contributed by atoms with Gasteiger partial charge in [-0.3, -0.25) is 9.69 Å². The fraction of sp³-hybridized carbons (Fsp3) is 0.667. The average molecular weight is 410 g/mol. The summed E-state index contributed by atoms with van der Waals surface area (Å²) < 4.78 is 27.5. The van der Waals surface area contributed by atoms with Crippen LogP contribution in [-0.4, -0.2) is 73.7 Å². The molecular formula is C21H35N3O3S. The number of rotatable bonds is 6. The number of hydrogen-bond donors (Lipinski definition) is 0. The molecule has 6 nitrogen and oxygen atoms in total. The summed E-state index contributed by atoms with van der Waals surface area (Å²) in [5, 5.41) is 0. The number of sulfonamides is 1. The number of amides is 1. The molecule has 1 amide bonds. The summed E-state index contributed by atoms with van der Waals surface area (Å²) in [6.07, 6.45) is 0. The van der Waals surface area contributed by atoms with Gasteiger partial charge in [-0.25, -0.2) is 8.42 Å². The first-order chi connectivity index (χ1) is 13.0. The molecule has 1 aromatic rings. The second kappa shape index (κ2) is 8.93. The van der Waals surface area contributed by atoms with E-state index in [4.69, 9.17) is 0 Å². The Morgan fingerprint density at radius 2 is 1.54 bits per heavy atom. The molecule has 7 heteroatoms. The Hall–Kier alpha value is -1.44. The first-order valence-electron chi connectivity index (χ1n) is 10.2. The molecule has 1 aromatic carbocycles. The Morgan fingerprint density at radius 3 is 1.96 bits per heavy atom. The highest BCUT2D eigenvalue weighted by Crippen LogP contribution is 2.25. The molecule has 0 N–H and O–H groups in total. The van der Waals surface area contributed by atoms with E-state index in [0.29, 0.717) is 44.2 Å². The topological polar surface area (TPSA) is 60.9 Å². The number of benzene rings is 1. The number of piperazine rings is 1. The van der Waals surface area contributed by atoms with Crippen LogP contribution in [0.2, 0.25) is 0 Å². The van der Waals surface area contributed by atoms with E-state index in [-0.39, 0.29) is 17.4 Å². The maximum Gasteiger partial charge on any atom is 0.243 e. The second-order valence-corrected chi connectivity index (χ2v) is 10.3. The van der Waals surface area contributed by atoms with Gasteiger partial charge in [0, 0.05) is 39.3 Å². The summed E-state index contributed by atoms with van der Waals surface area (Å²) >= 11 is 0. The number of likely N-dealkylation sites (N-methyl/N-ethyl adjacent to an activating group) is 1. The van der Waals surface area contributed by atoms with Crippen molar-refractivity contribution < 1.29 is 13.2 Å². The molecule has 1 atom stereocenters. The van der Waals surface area contributed by atoms with Crippen molar-refractivity contribution in [2.45, 2.75) is 57.9 Å². The van der Waals surface area contributed by atoms with Crippen LogP contribution in [-0.2, 0) is 20.2 Å². The molecule has 1 saturated heterocycles. The summed E-state index contributed by atoms with van der Waals surface area (Å²) in [5.41, 5.74) is 1.10. The van der Waals surface area contributed by atoms with E-state index in [1.165, 1.54) is 4.31 Å². The van der Waals surface area contributed by atoms with Crippen molar-refractivity contribution in [2.75, 3.05) is 39.3 Å². The molecule has 2 rings (SSSR count). The van der Waals surface area contributed by atoms with Gasteiger partial charge in [0.1, 0.15) is 0 Å². The third-order valence-electron chi connectivity index (χ3n) is 5.61. The quantitative estimate of drug-likeness (QED) is 0.724. The maximum absolute atomic E-state index is 13.0. The van der Waals surface area contributed by atoms with Crippen molar-refractivity contribution in [1.82, 2.24) is 14.1 Å². The van der Waals surface area contributed by atoms with Crippen LogP contribution < -0.4 is 0 Å². The number of carbonyl (C=O) groups is 1. The molecular weight excluding hydrogens is 374 g/mol. The van der Waals surface area contributed by atoms with Crippen LogP contribution in [0.15, 0.2) is 29.2 Å². The molecule has 1 unspecified atom stereocenters. The van der Waals surface area contributed by atoms with Crippen molar-refractivity contribution >= 4 is 15.9 Å². The van der Waals surface area contributed by atoms with Gasteiger partial charge in [0.15, 0.2) is 0 Å². The Balaban J connectivity index is 2.04. The zero-order chi connectivity index (χ0) is 21.1. The third-order valence-corrected chi connectivity index (χ3v) is 7.52. The molecule has 0 spiro atoms. The molecule has 1 fully saturated rings. The predicted octanol–water partition coefficient (Wildman–Crippen LogP) is 2.55. The molecule has 1 heterocycles. The Morgan fingerprint density at radius 1 is 1.04 bits per heavy atom. The maximum atomic E-state index is 13.0. The molecule has 0 aromatic heterocycles. The standard InChI is InChI=1S/C21H35N3O3S/c1-7-22(8-2)20(25)17(3)23-13-15-24(16-14-23)28(26,27)19-11-9-18(10-12-19)21(4,5)6/h9-12,17H,7-8,13-16H2,1-6H3. The van der Waals surface area contributed by atoms with Gasteiger partial charge < -0.3 is 4.90 Å². The average Bonchev–Trinajstić information content (AvgIpc) is 2.67. The highest BCUT2D eigenvalue weighted by atomic mass is 32.2. The molecule has 1 aliphatic heterocycles. The molecule has 0 bridgehead atoms. The molecule has 158 valence electrons. The van der Waals surface area contributed by atoms with E-state index >= 15 is 0 Å². The molecule has 1 aliphatic rings. The van der Waals surface area contributed by atoms with Gasteiger partial charge in [-0.15, -0.1) is 0 Å². The number of carbonyl (C=O) groups excluding carboxylic acids is 1. The monoisotopic (exact) mass is 409 g/mol. The fourth-order valence-electron chi connectivity index (χ4n) is 3.56. The minimum absolute atomic E-state index is 0.0124. The predicted molar refractivity (Wildman–Crippen MR) is 113 cm³/mol. The summed E-state index contributed by atoms with van der Waals surface area (Å²) in [4.78, 5) is 16.8. The van der Waals surface area contributed by atoms with E-state index in [2.05, 4.69) is 25.7 Å². The van der Waals surface area contributed by atoms with Crippen LogP contribution in [0.3, 0.4) is 0 Å². The van der Waals surface area contributed by atoms with Gasteiger partial charge in [0.2, 0.25) is 15.9 Å². The van der Waals surface area contributed by atoms with Crippen LogP contribution in [0, 0.1) is 0 Å². The minimum atomic E-state index is -3.51. The van der Waals surface area contributed by atoms with Gasteiger partial charge in [0.25, 0.3) is 0 Å². The van der Waals surface area contributed by atoms with Crippen molar-refractivity contribution in [2.24, 2.45) is 0 Å². The van der Waals surface area contributed by atoms with Crippen LogP contribution in [0.25, 0.3) is 0 Å². The lowest BCUT2D eigenvalue weighted by molar-refractivity contribution is -0.136. The molecule has 0 aliphatic carbocycles. The van der Waals surface area contributed by atoms with E-state index in [1.54, 1.807) is 12.1 Å². The van der Waals surface area contributed by atoms with Crippen molar-refractivity contribution in [3.8, 4) is 0 Å². The first-order valence-corrected chi connectivity index (χ1v) is 11.6. The van der Waals surface area contributed by atoms with Gasteiger partial charge in [0.05, 0.1) is 10.9 Å². The zero-order valence-corrected chi connectivity index (χ0v) is 18.9. The van der Waals surface area contributed by atoms with Crippen molar-refractivity contribution in [3.63, 3.8) is 0 Å². The van der Waals surface area contributed by atoms with Crippen molar-refractivity contribution in [1.29, 1.82) is 0 Å². The van der Waals surface area contributed by atoms with Crippen LogP contribution >= 0.6 is 0 Å². The number of nitrogens with zero attached hydrogens (tertiary/aromatic N) is 3. The summed E-state index contributed by atoms with van der Waals surface area (Å²) in [6.45, 7) is 15.5. The lowest BCUT2D eigenvalue weighted by atomic mass is 9.87. The van der Waals surface area contributed by atoms with E-state index in [1.807, 2.05) is 37.8 Å². The molecule has 0 radical (unpaired) electrons. The van der Waals surface area contributed by atoms with Gasteiger partial charge in [-0.2, -0.15) is 4.31 Å². The van der Waals surface area contributed by atoms with Crippen LogP contribution in [0.4, 0.5) is 0 Å². The van der Waals surface area contributed by atoms with E-state index in [9.17, 15) is 13.2 Å². The van der Waals surface area contributed by atoms with Gasteiger partial charge in [-0.1, -0.05) is 32.9 Å². The third kappa shape index (κ3) is 4.93. The summed E-state index contributed by atoms with van der Waals surface area (Å²) in [7, 11) is -3.51. The largest absolute Gasteiger partial charge is 0.342 e. The normalized spacial score (nSPS) is 18.1. The van der Waals surface area contributed by atoms with E-state index in [0.717, 1.165) is 5.56 Å². The first kappa shape index (κ1) is 22.8. The Labute approximate surface area is 170 Å². The van der Waals surface area contributed by atoms with Gasteiger partial charge in [-0.05, 0) is 43.9 Å². The minimum Gasteiger partial charge on any atom is -0.342 e. The lowest BCUT2D eigenvalue weighted by Gasteiger charge is -2.38. The zero-order valence-electron chi connectivity index (χ0n) is 18.1. The lowest BCUT2D eigenvalue weighted by Crippen LogP contribution is -2.55. The number of hydrogen-bond acceptors (Lipinski definition) is 4. The summed E-state index contributed by atoms with van der Waals surface area (Å²) in [6, 6.07) is 6.97. The SMILES string of the molecule is CCN(CC)C(=O)C(C)N1CCN(S(=O)(=O)c2ccc(C(C)(C)C)cc2)CC1. The Bertz CT molecular complexity index is 757. The highest BCUT2D eigenvalue weighted by molar-refractivity contribution is 7.89. The second-order valence-electron chi connectivity index (χ2n) is 8.40. The Kier molecular flexibility index (Phi) is 7.28. The summed E-state index contributed by atoms with van der Waals surface area (Å²) in [5.74, 6) is 0.110. The van der Waals surface area contributed by atoms with Crippen LogP contribution in [0.1, 0.15) is 47.1 Å². The van der Waals surface area contributed by atoms with Crippen LogP contribution in [0.5, 0.6) is 0 Å². The smallest absolute Gasteiger partial charge is 0.243 e. The van der Waals surface area contributed by atoms with E-state index < -0.39 is 10.0 Å². The van der Waals surface area contributed by atoms with Gasteiger partial charge >= 0.3 is 0 Å².